The van der Waals surface area contributed by atoms with E-state index in [2.05, 4.69) is 9.72 Å². The van der Waals surface area contributed by atoms with Crippen LogP contribution < -0.4 is 0 Å². The van der Waals surface area contributed by atoms with Gasteiger partial charge in [-0.05, 0) is 12.1 Å². The lowest BCUT2D eigenvalue weighted by Gasteiger charge is -2.10. The van der Waals surface area contributed by atoms with E-state index in [0.717, 1.165) is 23.8 Å². The molecule has 0 fully saturated rings. The maximum absolute atomic E-state index is 12.7. The highest BCUT2D eigenvalue weighted by Gasteiger charge is 2.34. The fraction of sp³-hybridized carbons (Fsp3) is 0.200. The van der Waals surface area contributed by atoms with Crippen molar-refractivity contribution in [2.24, 2.45) is 0 Å². The van der Waals surface area contributed by atoms with Crippen LogP contribution in [0.2, 0.25) is 0 Å². The fourth-order valence-corrected chi connectivity index (χ4v) is 1.51. The highest BCUT2D eigenvalue weighted by atomic mass is 19.4. The summed E-state index contributed by atoms with van der Waals surface area (Å²) in [6.07, 6.45) is -3.51. The van der Waals surface area contributed by atoms with Gasteiger partial charge >= 0.3 is 12.1 Å². The smallest absolute Gasteiger partial charge is 0.431 e. The Kier molecular flexibility index (Phi) is 2.53. The first-order valence-corrected chi connectivity index (χ1v) is 4.57. The molecule has 0 spiro atoms. The number of ether oxygens (including phenoxy) is 1. The van der Waals surface area contributed by atoms with E-state index < -0.39 is 17.8 Å². The van der Waals surface area contributed by atoms with Crippen LogP contribution in [0.15, 0.2) is 24.4 Å². The second-order valence-corrected chi connectivity index (χ2v) is 3.24. The number of methoxy groups -OCH3 is 1. The predicted octanol–water partition coefficient (Wildman–Crippen LogP) is 2.14. The van der Waals surface area contributed by atoms with Crippen molar-refractivity contribution in [1.82, 2.24) is 9.38 Å². The van der Waals surface area contributed by atoms with E-state index in [0.29, 0.717) is 0 Å². The molecule has 0 unspecified atom stereocenters. The van der Waals surface area contributed by atoms with Crippen LogP contribution in [0.3, 0.4) is 0 Å². The number of aromatic nitrogens is 2. The quantitative estimate of drug-likeness (QED) is 0.722. The molecule has 4 nitrogen and oxygen atoms in total. The average molecular weight is 244 g/mol. The summed E-state index contributed by atoms with van der Waals surface area (Å²) in [5, 5.41) is 0. The van der Waals surface area contributed by atoms with Gasteiger partial charge in [-0.15, -0.1) is 0 Å². The molecule has 0 saturated heterocycles. The third-order valence-corrected chi connectivity index (χ3v) is 2.21. The number of hydrogen-bond donors (Lipinski definition) is 0. The van der Waals surface area contributed by atoms with Gasteiger partial charge in [0.15, 0.2) is 5.69 Å². The van der Waals surface area contributed by atoms with E-state index >= 15 is 0 Å². The number of imidazole rings is 1. The minimum atomic E-state index is -4.57. The van der Waals surface area contributed by atoms with Crippen molar-refractivity contribution in [3.63, 3.8) is 0 Å². The van der Waals surface area contributed by atoms with Crippen LogP contribution in [0.25, 0.3) is 5.65 Å². The van der Waals surface area contributed by atoms with Crippen LogP contribution in [0.4, 0.5) is 13.2 Å². The van der Waals surface area contributed by atoms with Gasteiger partial charge in [0.05, 0.1) is 13.3 Å². The van der Waals surface area contributed by atoms with E-state index in [-0.39, 0.29) is 11.3 Å². The zero-order valence-corrected chi connectivity index (χ0v) is 8.65. The zero-order valence-electron chi connectivity index (χ0n) is 8.65. The highest BCUT2D eigenvalue weighted by molar-refractivity contribution is 5.88. The van der Waals surface area contributed by atoms with Crippen LogP contribution in [0, 0.1) is 0 Å². The molecule has 2 aromatic heterocycles. The Morgan fingerprint density at radius 2 is 2.12 bits per heavy atom. The van der Waals surface area contributed by atoms with Crippen LogP contribution in [0.5, 0.6) is 0 Å². The Labute approximate surface area is 93.6 Å². The van der Waals surface area contributed by atoms with Crippen molar-refractivity contribution in [2.75, 3.05) is 7.11 Å². The van der Waals surface area contributed by atoms with E-state index in [1.54, 1.807) is 0 Å². The van der Waals surface area contributed by atoms with E-state index in [1.165, 1.54) is 12.1 Å². The van der Waals surface area contributed by atoms with Gasteiger partial charge in [-0.3, -0.25) is 4.40 Å². The number of alkyl halides is 3. The largest absolute Gasteiger partial charge is 0.464 e. The Morgan fingerprint density at radius 3 is 2.71 bits per heavy atom. The highest BCUT2D eigenvalue weighted by Crippen LogP contribution is 2.30. The third-order valence-electron chi connectivity index (χ3n) is 2.21. The molecule has 0 radical (unpaired) electrons. The molecule has 2 heterocycles. The van der Waals surface area contributed by atoms with Crippen LogP contribution >= 0.6 is 0 Å². The molecule has 0 amide bonds. The lowest BCUT2D eigenvalue weighted by molar-refractivity contribution is -0.142. The summed E-state index contributed by atoms with van der Waals surface area (Å²) in [7, 11) is 1.10. The number of carbonyl (C=O) groups excluding carboxylic acids is 1. The van der Waals surface area contributed by atoms with Crippen LogP contribution in [0.1, 0.15) is 16.2 Å². The average Bonchev–Trinajstić information content (AvgIpc) is 2.70. The van der Waals surface area contributed by atoms with Crippen LogP contribution in [-0.4, -0.2) is 22.5 Å². The second kappa shape index (κ2) is 3.76. The van der Waals surface area contributed by atoms with Crippen molar-refractivity contribution >= 4 is 11.6 Å². The first-order valence-electron chi connectivity index (χ1n) is 4.57. The normalized spacial score (nSPS) is 11.8. The van der Waals surface area contributed by atoms with Gasteiger partial charge in [0.25, 0.3) is 0 Å². The number of fused-ring (bicyclic) bond motifs is 1. The molecule has 7 heteroatoms. The molecule has 17 heavy (non-hydrogen) atoms. The fourth-order valence-electron chi connectivity index (χ4n) is 1.51. The zero-order chi connectivity index (χ0) is 12.6. The molecular formula is C10H7F3N2O2. The predicted molar refractivity (Wildman–Crippen MR) is 51.5 cm³/mol. The van der Waals surface area contributed by atoms with E-state index in [1.807, 2.05) is 0 Å². The van der Waals surface area contributed by atoms with Gasteiger partial charge in [-0.25, -0.2) is 9.78 Å². The Bertz CT molecular complexity index is 574. The molecule has 0 saturated carbocycles. The third kappa shape index (κ3) is 1.83. The Balaban J connectivity index is 2.77. The van der Waals surface area contributed by atoms with Gasteiger partial charge in [-0.1, -0.05) is 6.07 Å². The van der Waals surface area contributed by atoms with E-state index in [4.69, 9.17) is 0 Å². The summed E-state index contributed by atoms with van der Waals surface area (Å²) in [5.41, 5.74) is -1.18. The monoisotopic (exact) mass is 244 g/mol. The van der Waals surface area contributed by atoms with Crippen molar-refractivity contribution < 1.29 is 22.7 Å². The summed E-state index contributed by atoms with van der Waals surface area (Å²) in [5.74, 6) is -0.866. The van der Waals surface area contributed by atoms with Gasteiger partial charge in [-0.2, -0.15) is 13.2 Å². The summed E-state index contributed by atoms with van der Waals surface area (Å²) < 4.78 is 43.4. The molecule has 0 aliphatic heterocycles. The number of hydrogen-bond acceptors (Lipinski definition) is 3. The second-order valence-electron chi connectivity index (χ2n) is 3.24. The number of esters is 1. The van der Waals surface area contributed by atoms with Gasteiger partial charge < -0.3 is 4.74 Å². The molecule has 0 atom stereocenters. The number of rotatable bonds is 1. The van der Waals surface area contributed by atoms with Crippen molar-refractivity contribution in [3.8, 4) is 0 Å². The number of halogens is 3. The minimum absolute atomic E-state index is 0.0419. The molecule has 0 aliphatic rings. The van der Waals surface area contributed by atoms with Crippen molar-refractivity contribution in [3.05, 3.63) is 35.8 Å². The molecule has 0 aliphatic carbocycles. The summed E-state index contributed by atoms with van der Waals surface area (Å²) in [4.78, 5) is 15.0. The molecular weight excluding hydrogens is 237 g/mol. The number of carbonyl (C=O) groups is 1. The van der Waals surface area contributed by atoms with Crippen molar-refractivity contribution in [1.29, 1.82) is 0 Å². The summed E-state index contributed by atoms with van der Waals surface area (Å²) >= 11 is 0. The molecule has 0 N–H and O–H groups in total. The molecule has 0 bridgehead atoms. The SMILES string of the molecule is COC(=O)c1cnc2cccc(C(F)(F)F)n12. The van der Waals surface area contributed by atoms with E-state index in [9.17, 15) is 18.0 Å². The first kappa shape index (κ1) is 11.4. The molecule has 0 aromatic carbocycles. The molecule has 2 rings (SSSR count). The lowest BCUT2D eigenvalue weighted by Crippen LogP contribution is -2.15. The first-order chi connectivity index (χ1) is 7.95. The lowest BCUT2D eigenvalue weighted by atomic mass is 10.3. The van der Waals surface area contributed by atoms with Gasteiger partial charge in [0.2, 0.25) is 0 Å². The molecule has 90 valence electrons. The summed E-state index contributed by atoms with van der Waals surface area (Å²) in [6, 6.07) is 3.48. The minimum Gasteiger partial charge on any atom is -0.464 e. The molecule has 2 aromatic rings. The Morgan fingerprint density at radius 1 is 1.41 bits per heavy atom. The van der Waals surface area contributed by atoms with Crippen LogP contribution in [-0.2, 0) is 10.9 Å². The number of nitrogens with zero attached hydrogens (tertiary/aromatic N) is 2. The maximum Gasteiger partial charge on any atom is 0.431 e. The standard InChI is InChI=1S/C10H7F3N2O2/c1-17-9(16)6-5-14-8-4-2-3-7(15(6)8)10(11,12)13/h2-5H,1H3. The topological polar surface area (TPSA) is 43.6 Å². The summed E-state index contributed by atoms with van der Waals surface area (Å²) in [6.45, 7) is 0. The van der Waals surface area contributed by atoms with Crippen molar-refractivity contribution in [2.45, 2.75) is 6.18 Å². The Hall–Kier alpha value is -2.05. The number of pyridine rings is 1. The van der Waals surface area contributed by atoms with Gasteiger partial charge in [0.1, 0.15) is 11.3 Å². The maximum atomic E-state index is 12.7. The van der Waals surface area contributed by atoms with Gasteiger partial charge in [0, 0.05) is 0 Å².